The first-order valence-electron chi connectivity index (χ1n) is 6.52. The van der Waals surface area contributed by atoms with Crippen molar-refractivity contribution in [3.8, 4) is 5.95 Å². The lowest BCUT2D eigenvalue weighted by atomic mass is 10.0. The van der Waals surface area contributed by atoms with Crippen LogP contribution >= 0.6 is 0 Å². The van der Waals surface area contributed by atoms with Crippen molar-refractivity contribution in [1.82, 2.24) is 5.32 Å². The fourth-order valence-electron chi connectivity index (χ4n) is 2.17. The molecule has 0 radical (unpaired) electrons. The van der Waals surface area contributed by atoms with Gasteiger partial charge in [0.1, 0.15) is 5.58 Å². The molecule has 0 fully saturated rings. The summed E-state index contributed by atoms with van der Waals surface area (Å²) in [5.41, 5.74) is 1.32. The first-order valence-corrected chi connectivity index (χ1v) is 6.52. The third kappa shape index (κ3) is 2.53. The van der Waals surface area contributed by atoms with Crippen LogP contribution in [0.4, 0.5) is 0 Å². The molecule has 2 aromatic rings. The van der Waals surface area contributed by atoms with Crippen molar-refractivity contribution in [2.24, 2.45) is 0 Å². The molecule has 21 heavy (non-hydrogen) atoms. The van der Waals surface area contributed by atoms with Crippen LogP contribution in [0.5, 0.6) is 5.95 Å². The van der Waals surface area contributed by atoms with Gasteiger partial charge in [0, 0.05) is 36.1 Å². The summed E-state index contributed by atoms with van der Waals surface area (Å²) in [6.45, 7) is 0.383. The minimum Gasteiger partial charge on any atom is -0.465 e. The Morgan fingerprint density at radius 1 is 1.29 bits per heavy atom. The molecule has 0 atom stereocenters. The number of hydrogen-bond acceptors (Lipinski definition) is 5. The Labute approximate surface area is 120 Å². The minimum atomic E-state index is -0.438. The highest BCUT2D eigenvalue weighted by Crippen LogP contribution is 2.32. The molecule has 6 nitrogen and oxygen atoms in total. The molecule has 1 aromatic carbocycles. The van der Waals surface area contributed by atoms with Crippen LogP contribution in [0.3, 0.4) is 0 Å². The molecule has 108 valence electrons. The van der Waals surface area contributed by atoms with E-state index in [1.165, 1.54) is 6.08 Å². The molecule has 3 rings (SSSR count). The Hall–Kier alpha value is -2.60. The summed E-state index contributed by atoms with van der Waals surface area (Å²) >= 11 is 0. The molecule has 1 aliphatic heterocycles. The van der Waals surface area contributed by atoms with Crippen molar-refractivity contribution in [1.29, 1.82) is 0 Å². The number of benzene rings is 1. The summed E-state index contributed by atoms with van der Waals surface area (Å²) in [6.07, 6.45) is 1.76. The lowest BCUT2D eigenvalue weighted by Gasteiger charge is -2.01. The van der Waals surface area contributed by atoms with Gasteiger partial charge in [-0.2, -0.15) is 0 Å². The zero-order valence-corrected chi connectivity index (χ0v) is 11.1. The van der Waals surface area contributed by atoms with E-state index in [9.17, 15) is 9.59 Å². The molecule has 0 unspecified atom stereocenters. The fraction of sp³-hybridized carbons (Fsp3) is 0.200. The molecule has 2 amide bonds. The number of carbonyl (C=O) groups is 2. The normalized spacial score (nSPS) is 14.4. The second-order valence-electron chi connectivity index (χ2n) is 4.59. The van der Waals surface area contributed by atoms with E-state index >= 15 is 0 Å². The average molecular weight is 287 g/mol. The standard InChI is InChI=1S/C15H13NO5/c17-5-2-6-20-13-7-9-3-1-4-10(14(9)21-13)11-8-12(18)16-15(11)19/h1,3-4,7-8,17H,2,5-6H2,(H,16,18,19). The van der Waals surface area contributed by atoms with Crippen LogP contribution in [-0.4, -0.2) is 30.1 Å². The van der Waals surface area contributed by atoms with Gasteiger partial charge in [0.05, 0.1) is 12.2 Å². The number of nitrogens with one attached hydrogen (secondary N) is 1. The van der Waals surface area contributed by atoms with Gasteiger partial charge in [0.25, 0.3) is 17.8 Å². The minimum absolute atomic E-state index is 0.0423. The molecule has 0 saturated heterocycles. The van der Waals surface area contributed by atoms with E-state index < -0.39 is 11.8 Å². The van der Waals surface area contributed by atoms with Crippen molar-refractivity contribution < 1.29 is 23.8 Å². The van der Waals surface area contributed by atoms with Crippen LogP contribution in [-0.2, 0) is 9.59 Å². The number of fused-ring (bicyclic) bond motifs is 1. The SMILES string of the molecule is O=C1C=C(c2cccc3cc(OCCCO)oc23)C(=O)N1. The van der Waals surface area contributed by atoms with Crippen molar-refractivity contribution in [2.75, 3.05) is 13.2 Å². The summed E-state index contributed by atoms with van der Waals surface area (Å²) in [4.78, 5) is 23.0. The highest BCUT2D eigenvalue weighted by molar-refractivity contribution is 6.34. The van der Waals surface area contributed by atoms with Gasteiger partial charge < -0.3 is 14.3 Å². The van der Waals surface area contributed by atoms with Gasteiger partial charge in [-0.25, -0.2) is 0 Å². The van der Waals surface area contributed by atoms with E-state index in [2.05, 4.69) is 5.32 Å². The Kier molecular flexibility index (Phi) is 3.45. The number of imide groups is 1. The summed E-state index contributed by atoms with van der Waals surface area (Å²) in [7, 11) is 0. The maximum Gasteiger partial charge on any atom is 0.285 e. The van der Waals surface area contributed by atoms with Crippen molar-refractivity contribution in [3.05, 3.63) is 35.9 Å². The topological polar surface area (TPSA) is 88.8 Å². The summed E-state index contributed by atoms with van der Waals surface area (Å²) in [6, 6.07) is 7.04. The lowest BCUT2D eigenvalue weighted by Crippen LogP contribution is -2.21. The fourth-order valence-corrected chi connectivity index (χ4v) is 2.17. The molecule has 2 N–H and O–H groups in total. The highest BCUT2D eigenvalue weighted by atomic mass is 16.6. The van der Waals surface area contributed by atoms with Gasteiger partial charge in [-0.1, -0.05) is 18.2 Å². The highest BCUT2D eigenvalue weighted by Gasteiger charge is 2.25. The second-order valence-corrected chi connectivity index (χ2v) is 4.59. The Morgan fingerprint density at radius 2 is 2.14 bits per heavy atom. The molecule has 0 bridgehead atoms. The third-order valence-corrected chi connectivity index (χ3v) is 3.12. The van der Waals surface area contributed by atoms with Crippen LogP contribution in [0.2, 0.25) is 0 Å². The van der Waals surface area contributed by atoms with Crippen molar-refractivity contribution in [2.45, 2.75) is 6.42 Å². The lowest BCUT2D eigenvalue weighted by molar-refractivity contribution is -0.123. The zero-order chi connectivity index (χ0) is 14.8. The molecule has 0 spiro atoms. The van der Waals surface area contributed by atoms with E-state index in [1.807, 2.05) is 6.07 Å². The summed E-state index contributed by atoms with van der Waals surface area (Å²) < 4.78 is 11.0. The average Bonchev–Trinajstić information content (AvgIpc) is 3.01. The van der Waals surface area contributed by atoms with Crippen LogP contribution in [0.1, 0.15) is 12.0 Å². The smallest absolute Gasteiger partial charge is 0.285 e. The summed E-state index contributed by atoms with van der Waals surface area (Å²) in [5, 5.41) is 11.7. The first kappa shape index (κ1) is 13.4. The van der Waals surface area contributed by atoms with E-state index in [0.717, 1.165) is 5.39 Å². The number of hydrogen-bond donors (Lipinski definition) is 2. The number of carbonyl (C=O) groups excluding carboxylic acids is 2. The predicted molar refractivity (Wildman–Crippen MR) is 74.5 cm³/mol. The van der Waals surface area contributed by atoms with Crippen molar-refractivity contribution >= 4 is 28.4 Å². The first-order chi connectivity index (χ1) is 10.2. The van der Waals surface area contributed by atoms with Gasteiger partial charge in [-0.15, -0.1) is 0 Å². The van der Waals surface area contributed by atoms with Gasteiger partial charge in [0.15, 0.2) is 0 Å². The van der Waals surface area contributed by atoms with Gasteiger partial charge in [-0.3, -0.25) is 14.9 Å². The van der Waals surface area contributed by atoms with Gasteiger partial charge >= 0.3 is 0 Å². The van der Waals surface area contributed by atoms with Crippen LogP contribution in [0.25, 0.3) is 16.5 Å². The maximum atomic E-state index is 11.7. The second kappa shape index (κ2) is 5.41. The predicted octanol–water partition coefficient (Wildman–Crippen LogP) is 1.23. The number of aliphatic hydroxyl groups is 1. The number of amides is 2. The van der Waals surface area contributed by atoms with Gasteiger partial charge in [-0.05, 0) is 0 Å². The maximum absolute atomic E-state index is 11.7. The molecule has 6 heteroatoms. The Morgan fingerprint density at radius 3 is 2.86 bits per heavy atom. The third-order valence-electron chi connectivity index (χ3n) is 3.12. The molecule has 0 aliphatic carbocycles. The van der Waals surface area contributed by atoms with Crippen LogP contribution < -0.4 is 10.1 Å². The molecule has 2 heterocycles. The van der Waals surface area contributed by atoms with E-state index in [-0.39, 0.29) is 12.2 Å². The van der Waals surface area contributed by atoms with E-state index in [0.29, 0.717) is 30.1 Å². The monoisotopic (exact) mass is 287 g/mol. The molecular weight excluding hydrogens is 274 g/mol. The number of ether oxygens (including phenoxy) is 1. The number of para-hydroxylation sites is 1. The van der Waals surface area contributed by atoms with Crippen molar-refractivity contribution in [3.63, 3.8) is 0 Å². The molecule has 0 saturated carbocycles. The van der Waals surface area contributed by atoms with E-state index in [1.54, 1.807) is 18.2 Å². The molecular formula is C15H13NO5. The summed E-state index contributed by atoms with van der Waals surface area (Å²) in [5.74, 6) is -0.555. The number of rotatable bonds is 5. The van der Waals surface area contributed by atoms with E-state index in [4.69, 9.17) is 14.3 Å². The van der Waals surface area contributed by atoms with Crippen LogP contribution in [0.15, 0.2) is 34.8 Å². The molecule has 1 aromatic heterocycles. The number of aliphatic hydroxyl groups excluding tert-OH is 1. The van der Waals surface area contributed by atoms with Crippen LogP contribution in [0, 0.1) is 0 Å². The zero-order valence-electron chi connectivity index (χ0n) is 11.1. The largest absolute Gasteiger partial charge is 0.465 e. The Bertz CT molecular complexity index is 744. The molecule has 1 aliphatic rings. The number of furan rings is 1. The van der Waals surface area contributed by atoms with Gasteiger partial charge in [0.2, 0.25) is 0 Å². The quantitative estimate of drug-likeness (QED) is 0.638. The Balaban J connectivity index is 1.98.